The van der Waals surface area contributed by atoms with Crippen LogP contribution in [0, 0.1) is 6.92 Å². The van der Waals surface area contributed by atoms with Crippen LogP contribution in [0.25, 0.3) is 0 Å². The Labute approximate surface area is 119 Å². The molecule has 0 spiro atoms. The fraction of sp³-hybridized carbons (Fsp3) is 0.750. The first-order valence-electron chi connectivity index (χ1n) is 7.04. The maximum absolute atomic E-state index is 12.6. The van der Waals surface area contributed by atoms with E-state index >= 15 is 0 Å². The van der Waals surface area contributed by atoms with Crippen molar-refractivity contribution in [2.45, 2.75) is 24.3 Å². The number of H-pyrrole nitrogens is 1. The third kappa shape index (κ3) is 2.48. The Balaban J connectivity index is 1.72. The fourth-order valence-electron chi connectivity index (χ4n) is 3.01. The van der Waals surface area contributed by atoms with E-state index in [9.17, 15) is 8.42 Å². The van der Waals surface area contributed by atoms with Gasteiger partial charge in [0, 0.05) is 45.3 Å². The Hall–Kier alpha value is -0.960. The van der Waals surface area contributed by atoms with Crippen LogP contribution in [0.1, 0.15) is 12.1 Å². The van der Waals surface area contributed by atoms with E-state index in [1.807, 2.05) is 0 Å². The molecule has 2 aliphatic heterocycles. The van der Waals surface area contributed by atoms with Crippen molar-refractivity contribution < 1.29 is 8.42 Å². The van der Waals surface area contributed by atoms with Gasteiger partial charge in [-0.3, -0.25) is 10.00 Å². The molecule has 7 nitrogen and oxygen atoms in total. The van der Waals surface area contributed by atoms with E-state index in [4.69, 9.17) is 0 Å². The van der Waals surface area contributed by atoms with Gasteiger partial charge in [-0.15, -0.1) is 0 Å². The first-order valence-corrected chi connectivity index (χ1v) is 8.48. The molecule has 3 rings (SSSR count). The molecule has 0 radical (unpaired) electrons. The van der Waals surface area contributed by atoms with Crippen LogP contribution >= 0.6 is 0 Å². The molecule has 0 aromatic carbocycles. The van der Waals surface area contributed by atoms with E-state index in [1.165, 1.54) is 6.20 Å². The molecule has 1 aromatic rings. The predicted molar refractivity (Wildman–Crippen MR) is 74.9 cm³/mol. The van der Waals surface area contributed by atoms with Gasteiger partial charge < -0.3 is 5.32 Å². The molecule has 2 fully saturated rings. The Kier molecular flexibility index (Phi) is 3.80. The molecule has 20 heavy (non-hydrogen) atoms. The van der Waals surface area contributed by atoms with E-state index in [2.05, 4.69) is 20.4 Å². The quantitative estimate of drug-likeness (QED) is 0.778. The van der Waals surface area contributed by atoms with Crippen LogP contribution in [0.2, 0.25) is 0 Å². The molecule has 1 atom stereocenters. The maximum atomic E-state index is 12.6. The summed E-state index contributed by atoms with van der Waals surface area (Å²) in [7, 11) is -3.40. The van der Waals surface area contributed by atoms with Crippen LogP contribution < -0.4 is 5.32 Å². The number of nitrogens with one attached hydrogen (secondary N) is 2. The zero-order valence-electron chi connectivity index (χ0n) is 11.7. The van der Waals surface area contributed by atoms with E-state index in [0.717, 1.165) is 32.6 Å². The highest BCUT2D eigenvalue weighted by molar-refractivity contribution is 7.89. The number of rotatable bonds is 3. The van der Waals surface area contributed by atoms with Gasteiger partial charge in [0.15, 0.2) is 0 Å². The summed E-state index contributed by atoms with van der Waals surface area (Å²) in [5.41, 5.74) is 0.607. The minimum atomic E-state index is -3.40. The zero-order chi connectivity index (χ0) is 14.2. The van der Waals surface area contributed by atoms with Crippen molar-refractivity contribution in [3.8, 4) is 0 Å². The molecular formula is C12H21N5O2S. The summed E-state index contributed by atoms with van der Waals surface area (Å²) < 4.78 is 26.8. The molecule has 1 aromatic heterocycles. The van der Waals surface area contributed by atoms with Gasteiger partial charge in [-0.2, -0.15) is 9.40 Å². The number of sulfonamides is 1. The number of piperazine rings is 1. The maximum Gasteiger partial charge on any atom is 0.246 e. The molecule has 3 heterocycles. The van der Waals surface area contributed by atoms with Crippen LogP contribution in [-0.4, -0.2) is 73.1 Å². The second-order valence-corrected chi connectivity index (χ2v) is 7.36. The van der Waals surface area contributed by atoms with Gasteiger partial charge in [-0.1, -0.05) is 0 Å². The predicted octanol–water partition coefficient (Wildman–Crippen LogP) is -0.614. The summed E-state index contributed by atoms with van der Waals surface area (Å²) >= 11 is 0. The molecule has 2 saturated heterocycles. The van der Waals surface area contributed by atoms with Crippen molar-refractivity contribution in [3.05, 3.63) is 11.9 Å². The van der Waals surface area contributed by atoms with E-state index in [0.29, 0.717) is 29.7 Å². The molecule has 2 aliphatic rings. The van der Waals surface area contributed by atoms with Crippen molar-refractivity contribution in [1.29, 1.82) is 0 Å². The molecule has 2 N–H and O–H groups in total. The summed E-state index contributed by atoms with van der Waals surface area (Å²) in [6.07, 6.45) is 2.32. The molecule has 0 bridgehead atoms. The van der Waals surface area contributed by atoms with Crippen molar-refractivity contribution in [1.82, 2.24) is 24.7 Å². The van der Waals surface area contributed by atoms with Crippen molar-refractivity contribution in [2.24, 2.45) is 0 Å². The average Bonchev–Trinajstić information content (AvgIpc) is 3.08. The molecule has 112 valence electrons. The summed E-state index contributed by atoms with van der Waals surface area (Å²) in [5.74, 6) is 0. The van der Waals surface area contributed by atoms with Crippen molar-refractivity contribution in [2.75, 3.05) is 39.3 Å². The highest BCUT2D eigenvalue weighted by Gasteiger charge is 2.36. The second kappa shape index (κ2) is 5.44. The lowest BCUT2D eigenvalue weighted by Gasteiger charge is -2.32. The van der Waals surface area contributed by atoms with Crippen LogP contribution in [0.3, 0.4) is 0 Å². The largest absolute Gasteiger partial charge is 0.314 e. The minimum absolute atomic E-state index is 0.304. The topological polar surface area (TPSA) is 81.3 Å². The van der Waals surface area contributed by atoms with Crippen molar-refractivity contribution in [3.63, 3.8) is 0 Å². The minimum Gasteiger partial charge on any atom is -0.314 e. The Bertz CT molecular complexity index is 564. The first-order chi connectivity index (χ1) is 9.59. The zero-order valence-corrected chi connectivity index (χ0v) is 12.5. The second-order valence-electron chi connectivity index (χ2n) is 5.45. The van der Waals surface area contributed by atoms with Crippen LogP contribution in [0.4, 0.5) is 0 Å². The summed E-state index contributed by atoms with van der Waals surface area (Å²) in [6, 6.07) is 0.346. The number of aryl methyl sites for hydroxylation is 1. The Morgan fingerprint density at radius 1 is 1.30 bits per heavy atom. The lowest BCUT2D eigenvalue weighted by molar-refractivity contribution is 0.179. The summed E-state index contributed by atoms with van der Waals surface area (Å²) in [5, 5.41) is 9.84. The highest BCUT2D eigenvalue weighted by Crippen LogP contribution is 2.24. The van der Waals surface area contributed by atoms with E-state index < -0.39 is 10.0 Å². The van der Waals surface area contributed by atoms with E-state index in [-0.39, 0.29) is 0 Å². The number of nitrogens with zero attached hydrogens (tertiary/aromatic N) is 3. The molecule has 0 amide bonds. The molecular weight excluding hydrogens is 278 g/mol. The van der Waals surface area contributed by atoms with Crippen molar-refractivity contribution >= 4 is 10.0 Å². The highest BCUT2D eigenvalue weighted by atomic mass is 32.2. The number of aromatic nitrogens is 2. The van der Waals surface area contributed by atoms with Gasteiger partial charge in [0.2, 0.25) is 10.0 Å². The monoisotopic (exact) mass is 299 g/mol. The smallest absolute Gasteiger partial charge is 0.246 e. The lowest BCUT2D eigenvalue weighted by Crippen LogP contribution is -2.49. The molecule has 0 saturated carbocycles. The van der Waals surface area contributed by atoms with Gasteiger partial charge >= 0.3 is 0 Å². The van der Waals surface area contributed by atoms with Gasteiger partial charge in [0.05, 0.1) is 11.9 Å². The van der Waals surface area contributed by atoms with Crippen LogP contribution in [-0.2, 0) is 10.0 Å². The number of hydrogen-bond donors (Lipinski definition) is 2. The SMILES string of the molecule is Cc1[nH]ncc1S(=O)(=O)N1CCC(N2CCNCC2)C1. The summed E-state index contributed by atoms with van der Waals surface area (Å²) in [4.78, 5) is 2.70. The van der Waals surface area contributed by atoms with Gasteiger partial charge in [0.1, 0.15) is 4.90 Å². The molecule has 1 unspecified atom stereocenters. The normalized spacial score (nSPS) is 26.1. The Morgan fingerprint density at radius 2 is 2.05 bits per heavy atom. The number of hydrogen-bond acceptors (Lipinski definition) is 5. The molecule has 8 heteroatoms. The Morgan fingerprint density at radius 3 is 2.70 bits per heavy atom. The molecule has 0 aliphatic carbocycles. The third-order valence-electron chi connectivity index (χ3n) is 4.20. The van der Waals surface area contributed by atoms with Gasteiger partial charge in [0.25, 0.3) is 0 Å². The van der Waals surface area contributed by atoms with Gasteiger partial charge in [-0.05, 0) is 13.3 Å². The van der Waals surface area contributed by atoms with Crippen LogP contribution in [0.15, 0.2) is 11.1 Å². The standard InChI is InChI=1S/C12H21N5O2S/c1-10-12(8-14-15-10)20(18,19)17-5-2-11(9-17)16-6-3-13-4-7-16/h8,11,13H,2-7,9H2,1H3,(H,14,15). The number of aromatic amines is 1. The summed E-state index contributed by atoms with van der Waals surface area (Å²) in [6.45, 7) is 6.92. The average molecular weight is 299 g/mol. The van der Waals surface area contributed by atoms with Gasteiger partial charge in [-0.25, -0.2) is 8.42 Å². The first kappa shape index (κ1) is 14.0. The third-order valence-corrected chi connectivity index (χ3v) is 6.17. The van der Waals surface area contributed by atoms with Crippen LogP contribution in [0.5, 0.6) is 0 Å². The lowest BCUT2D eigenvalue weighted by atomic mass is 10.2. The fourth-order valence-corrected chi connectivity index (χ4v) is 4.62. The van der Waals surface area contributed by atoms with E-state index in [1.54, 1.807) is 11.2 Å².